The molecule has 2 aromatic rings. The molecule has 2 aliphatic rings. The molecule has 0 spiro atoms. The van der Waals surface area contributed by atoms with Gasteiger partial charge >= 0.3 is 0 Å². The molecule has 4 rings (SSSR count). The van der Waals surface area contributed by atoms with Crippen LogP contribution in [0.2, 0.25) is 5.02 Å². The summed E-state index contributed by atoms with van der Waals surface area (Å²) in [6.07, 6.45) is 0.730. The fourth-order valence-electron chi connectivity index (χ4n) is 4.49. The first-order chi connectivity index (χ1) is 15.7. The number of halogens is 1. The second-order valence-corrected chi connectivity index (χ2v) is 9.69. The van der Waals surface area contributed by atoms with E-state index in [4.69, 9.17) is 16.6 Å². The van der Waals surface area contributed by atoms with Gasteiger partial charge in [-0.15, -0.1) is 0 Å². The molecule has 174 valence electrons. The van der Waals surface area contributed by atoms with Gasteiger partial charge in [0.15, 0.2) is 5.78 Å². The molecular weight excluding hydrogens is 436 g/mol. The molecule has 1 fully saturated rings. The molecule has 0 N–H and O–H groups in total. The molecule has 0 saturated carbocycles. The molecule has 7 heteroatoms. The highest BCUT2D eigenvalue weighted by Gasteiger charge is 2.39. The van der Waals surface area contributed by atoms with Gasteiger partial charge in [0, 0.05) is 42.5 Å². The molecule has 6 nitrogen and oxygen atoms in total. The van der Waals surface area contributed by atoms with Crippen molar-refractivity contribution in [3.63, 3.8) is 0 Å². The van der Waals surface area contributed by atoms with Crippen molar-refractivity contribution in [3.05, 3.63) is 58.6 Å². The van der Waals surface area contributed by atoms with E-state index in [0.717, 1.165) is 61.1 Å². The van der Waals surface area contributed by atoms with Gasteiger partial charge in [-0.1, -0.05) is 25.4 Å². The van der Waals surface area contributed by atoms with Crippen molar-refractivity contribution in [3.8, 4) is 0 Å². The summed E-state index contributed by atoms with van der Waals surface area (Å²) in [4.78, 5) is 36.2. The molecule has 1 saturated heterocycles. The second-order valence-electron chi connectivity index (χ2n) is 9.26. The Hall–Kier alpha value is -2.86. The standard InChI is InChI=1S/C26H31ClN4O2/c1-17(2)15-23-25(33)31(24-10-7-21(27)16-18(24)3)26(28-23)30-13-11-29(12-14-30)22-8-5-20(6-9-22)19(4)32/h5-10,16-17,23H,11-15H2,1-4H3. The Morgan fingerprint density at radius 1 is 1.06 bits per heavy atom. The molecule has 0 aromatic heterocycles. The van der Waals surface area contributed by atoms with Gasteiger partial charge in [0.05, 0.1) is 5.69 Å². The van der Waals surface area contributed by atoms with Crippen molar-refractivity contribution in [2.24, 2.45) is 10.9 Å². The SMILES string of the molecule is CC(=O)c1ccc(N2CCN(C3=NC(CC(C)C)C(=O)N3c3ccc(Cl)cc3C)CC2)cc1. The third kappa shape index (κ3) is 4.91. The van der Waals surface area contributed by atoms with E-state index in [-0.39, 0.29) is 17.7 Å². The topological polar surface area (TPSA) is 56.2 Å². The molecule has 0 aliphatic carbocycles. The van der Waals surface area contributed by atoms with Crippen molar-refractivity contribution in [2.75, 3.05) is 36.0 Å². The van der Waals surface area contributed by atoms with Crippen molar-refractivity contribution < 1.29 is 9.59 Å². The van der Waals surface area contributed by atoms with Gasteiger partial charge in [0.25, 0.3) is 5.91 Å². The Balaban J connectivity index is 1.55. The van der Waals surface area contributed by atoms with Gasteiger partial charge in [0.2, 0.25) is 5.96 Å². The molecule has 0 bridgehead atoms. The van der Waals surface area contributed by atoms with Gasteiger partial charge in [-0.2, -0.15) is 0 Å². The third-order valence-corrected chi connectivity index (χ3v) is 6.51. The van der Waals surface area contributed by atoms with Crippen LogP contribution in [0.3, 0.4) is 0 Å². The predicted molar refractivity (Wildman–Crippen MR) is 135 cm³/mol. The zero-order valence-electron chi connectivity index (χ0n) is 19.7. The number of aliphatic imine (C=N–C) groups is 1. The van der Waals surface area contributed by atoms with E-state index >= 15 is 0 Å². The predicted octanol–water partition coefficient (Wildman–Crippen LogP) is 4.79. The number of aryl methyl sites for hydroxylation is 1. The largest absolute Gasteiger partial charge is 0.368 e. The number of hydrogen-bond acceptors (Lipinski definition) is 5. The molecule has 2 aromatic carbocycles. The van der Waals surface area contributed by atoms with Crippen LogP contribution < -0.4 is 9.80 Å². The van der Waals surface area contributed by atoms with Crippen LogP contribution in [0.25, 0.3) is 0 Å². The van der Waals surface area contributed by atoms with Gasteiger partial charge in [-0.05, 0) is 74.2 Å². The lowest BCUT2D eigenvalue weighted by molar-refractivity contribution is -0.118. The van der Waals surface area contributed by atoms with E-state index < -0.39 is 0 Å². The van der Waals surface area contributed by atoms with E-state index in [2.05, 4.69) is 23.6 Å². The Morgan fingerprint density at radius 2 is 1.70 bits per heavy atom. The van der Waals surface area contributed by atoms with Crippen LogP contribution in [0.1, 0.15) is 43.1 Å². The van der Waals surface area contributed by atoms with Gasteiger partial charge in [-0.3, -0.25) is 9.59 Å². The first-order valence-corrected chi connectivity index (χ1v) is 11.9. The number of Topliss-reactive ketones (excluding diaryl/α,β-unsaturated/α-hetero) is 1. The second kappa shape index (κ2) is 9.56. The number of rotatable bonds is 5. The molecular formula is C26H31ClN4O2. The molecule has 1 unspecified atom stereocenters. The fraction of sp³-hybridized carbons (Fsp3) is 0.423. The lowest BCUT2D eigenvalue weighted by Crippen LogP contribution is -2.53. The summed E-state index contributed by atoms with van der Waals surface area (Å²) >= 11 is 6.18. The van der Waals surface area contributed by atoms with Crippen molar-refractivity contribution >= 4 is 40.6 Å². The number of benzene rings is 2. The Labute approximate surface area is 200 Å². The highest BCUT2D eigenvalue weighted by atomic mass is 35.5. The lowest BCUT2D eigenvalue weighted by atomic mass is 10.0. The number of nitrogens with zero attached hydrogens (tertiary/aromatic N) is 4. The average molecular weight is 467 g/mol. The maximum absolute atomic E-state index is 13.4. The first kappa shape index (κ1) is 23.3. The summed E-state index contributed by atoms with van der Waals surface area (Å²) in [5.74, 6) is 1.22. The Kier molecular flexibility index (Phi) is 6.75. The maximum Gasteiger partial charge on any atom is 0.258 e. The monoisotopic (exact) mass is 466 g/mol. The van der Waals surface area contributed by atoms with Gasteiger partial charge in [0.1, 0.15) is 6.04 Å². The smallest absolute Gasteiger partial charge is 0.258 e. The number of anilines is 2. The van der Waals surface area contributed by atoms with E-state index in [9.17, 15) is 9.59 Å². The number of carbonyl (C=O) groups is 2. The molecule has 2 aliphatic heterocycles. The summed E-state index contributed by atoms with van der Waals surface area (Å²) < 4.78 is 0. The third-order valence-electron chi connectivity index (χ3n) is 6.27. The summed E-state index contributed by atoms with van der Waals surface area (Å²) in [5.41, 5.74) is 3.63. The van der Waals surface area contributed by atoms with Crippen LogP contribution in [-0.4, -0.2) is 54.8 Å². The molecule has 1 atom stereocenters. The number of amides is 1. The molecule has 2 heterocycles. The van der Waals surface area contributed by atoms with E-state index in [1.54, 1.807) is 11.8 Å². The van der Waals surface area contributed by atoms with Crippen LogP contribution in [0.4, 0.5) is 11.4 Å². The number of carbonyl (C=O) groups excluding carboxylic acids is 2. The minimum Gasteiger partial charge on any atom is -0.368 e. The van der Waals surface area contributed by atoms with Crippen molar-refractivity contribution in [1.82, 2.24) is 4.90 Å². The average Bonchev–Trinajstić information content (AvgIpc) is 3.09. The summed E-state index contributed by atoms with van der Waals surface area (Å²) in [6.45, 7) is 11.0. The zero-order valence-corrected chi connectivity index (χ0v) is 20.5. The van der Waals surface area contributed by atoms with Crippen LogP contribution in [-0.2, 0) is 4.79 Å². The summed E-state index contributed by atoms with van der Waals surface area (Å²) in [7, 11) is 0. The van der Waals surface area contributed by atoms with Gasteiger partial charge in [-0.25, -0.2) is 9.89 Å². The van der Waals surface area contributed by atoms with Crippen LogP contribution >= 0.6 is 11.6 Å². The Morgan fingerprint density at radius 3 is 2.27 bits per heavy atom. The zero-order chi connectivity index (χ0) is 23.7. The summed E-state index contributed by atoms with van der Waals surface area (Å²) in [5, 5.41) is 0.657. The molecule has 1 amide bonds. The van der Waals surface area contributed by atoms with E-state index in [0.29, 0.717) is 10.9 Å². The first-order valence-electron chi connectivity index (χ1n) is 11.5. The number of ketones is 1. The minimum absolute atomic E-state index is 0.0337. The van der Waals surface area contributed by atoms with Crippen LogP contribution in [0, 0.1) is 12.8 Å². The number of guanidine groups is 1. The lowest BCUT2D eigenvalue weighted by Gasteiger charge is -2.39. The van der Waals surface area contributed by atoms with E-state index in [1.807, 2.05) is 49.4 Å². The number of piperazine rings is 1. The fourth-order valence-corrected chi connectivity index (χ4v) is 4.72. The molecule has 0 radical (unpaired) electrons. The maximum atomic E-state index is 13.4. The number of hydrogen-bond donors (Lipinski definition) is 0. The van der Waals surface area contributed by atoms with Gasteiger partial charge < -0.3 is 9.80 Å². The Bertz CT molecular complexity index is 1070. The van der Waals surface area contributed by atoms with Crippen molar-refractivity contribution in [2.45, 2.75) is 40.2 Å². The van der Waals surface area contributed by atoms with Crippen LogP contribution in [0.5, 0.6) is 0 Å². The molecule has 33 heavy (non-hydrogen) atoms. The summed E-state index contributed by atoms with van der Waals surface area (Å²) in [6, 6.07) is 13.0. The quantitative estimate of drug-likeness (QED) is 0.594. The minimum atomic E-state index is -0.354. The van der Waals surface area contributed by atoms with Crippen LogP contribution in [0.15, 0.2) is 47.5 Å². The van der Waals surface area contributed by atoms with Crippen molar-refractivity contribution in [1.29, 1.82) is 0 Å². The highest BCUT2D eigenvalue weighted by molar-refractivity contribution is 6.31. The highest BCUT2D eigenvalue weighted by Crippen LogP contribution is 2.31. The van der Waals surface area contributed by atoms with E-state index in [1.165, 1.54) is 0 Å². The normalized spacial score (nSPS) is 18.8.